The Labute approximate surface area is 162 Å². The molecule has 0 radical (unpaired) electrons. The number of carbonyl (C=O) groups is 1. The summed E-state index contributed by atoms with van der Waals surface area (Å²) in [6, 6.07) is 0. The Bertz CT molecular complexity index is 722. The van der Waals surface area contributed by atoms with Crippen molar-refractivity contribution >= 4 is 18.9 Å². The van der Waals surface area contributed by atoms with Crippen molar-refractivity contribution in [3.8, 4) is 6.26 Å². The van der Waals surface area contributed by atoms with Gasteiger partial charge in [0.1, 0.15) is 0 Å². The molecule has 0 aromatic heterocycles. The maximum atomic E-state index is 12.1. The third kappa shape index (κ3) is 8.45. The normalized spacial score (nSPS) is 15.6. The maximum absolute atomic E-state index is 12.1. The number of hydrogen-bond acceptors (Lipinski definition) is 5. The molecule has 0 aromatic carbocycles. The van der Waals surface area contributed by atoms with Crippen LogP contribution in [0.5, 0.6) is 0 Å². The van der Waals surface area contributed by atoms with E-state index in [9.17, 15) is 4.79 Å². The quantitative estimate of drug-likeness (QED) is 0.441. The second-order valence-corrected chi connectivity index (χ2v) is 7.19. The minimum absolute atomic E-state index is 0.389. The molecule has 1 aliphatic heterocycles. The van der Waals surface area contributed by atoms with Crippen molar-refractivity contribution in [1.29, 1.82) is 5.26 Å². The van der Waals surface area contributed by atoms with Crippen molar-refractivity contribution in [3.63, 3.8) is 0 Å². The molecule has 0 aromatic rings. The predicted octanol–water partition coefficient (Wildman–Crippen LogP) is 3.43. The topological polar surface area (TPSA) is 74.6 Å². The number of ether oxygens (including phenoxy) is 1. The molecule has 1 N–H and O–H groups in total. The number of rotatable bonds is 6. The van der Waals surface area contributed by atoms with Crippen molar-refractivity contribution in [2.24, 2.45) is 0 Å². The molecule has 0 atom stereocenters. The van der Waals surface area contributed by atoms with Gasteiger partial charge in [-0.05, 0) is 0 Å². The third-order valence-corrected chi connectivity index (χ3v) is 3.63. The van der Waals surface area contributed by atoms with Crippen molar-refractivity contribution in [3.05, 3.63) is 47.6 Å². The van der Waals surface area contributed by atoms with E-state index in [2.05, 4.69) is 30.1 Å². The van der Waals surface area contributed by atoms with Gasteiger partial charge in [-0.15, -0.1) is 0 Å². The van der Waals surface area contributed by atoms with Crippen LogP contribution >= 0.6 is 0 Å². The molecule has 1 rings (SSSR count). The van der Waals surface area contributed by atoms with Crippen LogP contribution in [-0.2, 0) is 9.39 Å². The molecular weight excluding hydrogens is 341 g/mol. The van der Waals surface area contributed by atoms with E-state index in [1.807, 2.05) is 24.8 Å². The van der Waals surface area contributed by atoms with E-state index >= 15 is 0 Å². The summed E-state index contributed by atoms with van der Waals surface area (Å²) in [5, 5.41) is 11.3. The minimum atomic E-state index is -0.614. The van der Waals surface area contributed by atoms with E-state index in [1.165, 1.54) is 12.7 Å². The van der Waals surface area contributed by atoms with Gasteiger partial charge in [0.05, 0.1) is 0 Å². The van der Waals surface area contributed by atoms with E-state index in [0.717, 1.165) is 17.6 Å². The van der Waals surface area contributed by atoms with Crippen molar-refractivity contribution < 1.29 is 14.2 Å². The predicted molar refractivity (Wildman–Crippen MR) is 109 cm³/mol. The molecule has 1 aliphatic rings. The fourth-order valence-electron chi connectivity index (χ4n) is 2.44. The molecule has 0 saturated carbocycles. The van der Waals surface area contributed by atoms with Crippen LogP contribution in [0, 0.1) is 11.5 Å². The first-order valence-corrected chi connectivity index (χ1v) is 8.85. The van der Waals surface area contributed by atoms with Gasteiger partial charge in [-0.25, -0.2) is 0 Å². The summed E-state index contributed by atoms with van der Waals surface area (Å²) in [6.45, 7) is 14.4. The number of nitrogens with one attached hydrogen (secondary N) is 1. The monoisotopic (exact) mass is 369 g/mol. The standard InChI is InChI=1S/C20H28BN3O3/c1-7-16(9-8-15(2)3)17-10-12-24(13-11-17)18(21-26-14-22)23-19(25)27-20(4,5)6/h7-10H,2,11-13H2,1,3-6H3,(H,23,25)/b9-8-,16-7+. The van der Waals surface area contributed by atoms with Gasteiger partial charge in [0.2, 0.25) is 0 Å². The van der Waals surface area contributed by atoms with E-state index in [1.54, 1.807) is 27.0 Å². The van der Waals surface area contributed by atoms with Gasteiger partial charge in [0.15, 0.2) is 0 Å². The Kier molecular flexibility index (Phi) is 8.60. The van der Waals surface area contributed by atoms with Crippen LogP contribution < -0.4 is 5.32 Å². The number of nitrogens with zero attached hydrogens (tertiary/aromatic N) is 2. The zero-order chi connectivity index (χ0) is 20.4. The Morgan fingerprint density at radius 3 is 2.63 bits per heavy atom. The van der Waals surface area contributed by atoms with E-state index in [-0.39, 0.29) is 0 Å². The van der Waals surface area contributed by atoms with Crippen LogP contribution in [0.25, 0.3) is 0 Å². The summed E-state index contributed by atoms with van der Waals surface area (Å²) < 4.78 is 9.99. The zero-order valence-electron chi connectivity index (χ0n) is 16.8. The molecule has 0 bridgehead atoms. The van der Waals surface area contributed by atoms with Gasteiger partial charge >= 0.3 is 162 Å². The Balaban J connectivity index is 2.87. The van der Waals surface area contributed by atoms with Crippen LogP contribution in [0.1, 0.15) is 41.0 Å². The Hall–Kier alpha value is -2.75. The third-order valence-electron chi connectivity index (χ3n) is 3.63. The van der Waals surface area contributed by atoms with Gasteiger partial charge in [-0.2, -0.15) is 0 Å². The number of allylic oxidation sites excluding steroid dienone is 5. The molecule has 0 aliphatic carbocycles. The van der Waals surface area contributed by atoms with E-state index < -0.39 is 11.7 Å². The molecule has 6 nitrogen and oxygen atoms in total. The molecule has 7 heteroatoms. The first-order chi connectivity index (χ1) is 12.7. The number of carbonyl (C=O) groups excluding carboxylic acids is 1. The number of nitriles is 1. The molecule has 1 amide bonds. The summed E-state index contributed by atoms with van der Waals surface area (Å²) in [5.74, 6) is 0. The average molecular weight is 369 g/mol. The van der Waals surface area contributed by atoms with Gasteiger partial charge in [-0.3, -0.25) is 0 Å². The number of hydrogen-bond donors (Lipinski definition) is 1. The second-order valence-electron chi connectivity index (χ2n) is 7.19. The van der Waals surface area contributed by atoms with Crippen LogP contribution in [0.15, 0.2) is 47.6 Å². The zero-order valence-corrected chi connectivity index (χ0v) is 16.8. The first-order valence-electron chi connectivity index (χ1n) is 8.85. The fourth-order valence-corrected chi connectivity index (χ4v) is 2.44. The van der Waals surface area contributed by atoms with E-state index in [0.29, 0.717) is 18.8 Å². The van der Waals surface area contributed by atoms with Gasteiger partial charge in [0, 0.05) is 0 Å². The van der Waals surface area contributed by atoms with Crippen LogP contribution in [0.2, 0.25) is 0 Å². The van der Waals surface area contributed by atoms with Crippen molar-refractivity contribution in [1.82, 2.24) is 10.2 Å². The number of alkyl carbamates (subject to hydrolysis) is 1. The van der Waals surface area contributed by atoms with Crippen LogP contribution in [-0.4, -0.2) is 42.5 Å². The molecule has 0 fully saturated rings. The van der Waals surface area contributed by atoms with Crippen molar-refractivity contribution in [2.75, 3.05) is 13.1 Å². The Morgan fingerprint density at radius 1 is 1.44 bits per heavy atom. The van der Waals surface area contributed by atoms with Crippen molar-refractivity contribution in [2.45, 2.75) is 46.6 Å². The molecule has 27 heavy (non-hydrogen) atoms. The summed E-state index contributed by atoms with van der Waals surface area (Å²) in [6.07, 6.45) is 9.98. The van der Waals surface area contributed by atoms with Crippen LogP contribution in [0.4, 0.5) is 4.79 Å². The summed E-state index contributed by atoms with van der Waals surface area (Å²) in [7, 11) is 1.22. The molecular formula is C20H28BN3O3. The number of amides is 1. The first kappa shape index (κ1) is 22.3. The second kappa shape index (κ2) is 10.4. The molecule has 0 saturated heterocycles. The molecule has 144 valence electrons. The van der Waals surface area contributed by atoms with Gasteiger partial charge < -0.3 is 0 Å². The molecule has 0 unspecified atom stereocenters. The molecule has 0 spiro atoms. The van der Waals surface area contributed by atoms with Gasteiger partial charge in [-0.1, -0.05) is 0 Å². The van der Waals surface area contributed by atoms with E-state index in [4.69, 9.17) is 14.7 Å². The molecule has 1 heterocycles. The summed E-state index contributed by atoms with van der Waals surface area (Å²) in [4.78, 5) is 14.0. The van der Waals surface area contributed by atoms with Gasteiger partial charge in [0.25, 0.3) is 0 Å². The average Bonchev–Trinajstić information content (AvgIpc) is 2.58. The Morgan fingerprint density at radius 2 is 2.15 bits per heavy atom. The van der Waals surface area contributed by atoms with Crippen LogP contribution in [0.3, 0.4) is 0 Å². The fraction of sp³-hybridized carbons (Fsp3) is 0.450. The summed E-state index contributed by atoms with van der Waals surface area (Å²) >= 11 is 0. The summed E-state index contributed by atoms with van der Waals surface area (Å²) in [5.41, 5.74) is 3.14. The SMILES string of the molecule is C=C(C)/C=C\C(=C/C)C1=CCN(C(=BOC#N)NC(=O)OC(C)(C)C)CC1.